The van der Waals surface area contributed by atoms with E-state index in [1.807, 2.05) is 24.3 Å². The molecule has 0 saturated carbocycles. The van der Waals surface area contributed by atoms with Gasteiger partial charge in [-0.15, -0.1) is 0 Å². The number of benzene rings is 2. The molecule has 152 valence electrons. The summed E-state index contributed by atoms with van der Waals surface area (Å²) in [4.78, 5) is 21.3. The topological polar surface area (TPSA) is 67.0 Å². The second-order valence-corrected chi connectivity index (χ2v) is 7.89. The van der Waals surface area contributed by atoms with Crippen molar-refractivity contribution in [1.29, 1.82) is 0 Å². The minimum atomic E-state index is -0.102. The molecule has 3 heterocycles. The number of para-hydroxylation sites is 1. The van der Waals surface area contributed by atoms with Gasteiger partial charge in [0.15, 0.2) is 0 Å². The van der Waals surface area contributed by atoms with E-state index in [4.69, 9.17) is 9.72 Å². The number of carbonyl (C=O) groups is 1. The molecular weight excluding hydrogens is 374 g/mol. The molecule has 0 unspecified atom stereocenters. The van der Waals surface area contributed by atoms with E-state index in [-0.39, 0.29) is 11.9 Å². The third kappa shape index (κ3) is 3.81. The largest absolute Gasteiger partial charge is 0.381 e. The fourth-order valence-electron chi connectivity index (χ4n) is 4.22. The molecule has 0 spiro atoms. The van der Waals surface area contributed by atoms with E-state index < -0.39 is 0 Å². The number of hydrogen-bond donors (Lipinski definition) is 2. The molecule has 1 amide bonds. The summed E-state index contributed by atoms with van der Waals surface area (Å²) < 4.78 is 5.40. The second-order valence-electron chi connectivity index (χ2n) is 7.89. The molecule has 4 aromatic rings. The normalized spacial score (nSPS) is 14.9. The predicted octanol–water partition coefficient (Wildman–Crippen LogP) is 4.41. The average molecular weight is 399 g/mol. The van der Waals surface area contributed by atoms with Crippen LogP contribution in [0.3, 0.4) is 0 Å². The molecule has 30 heavy (non-hydrogen) atoms. The Morgan fingerprint density at radius 2 is 1.77 bits per heavy atom. The van der Waals surface area contributed by atoms with Crippen molar-refractivity contribution in [3.63, 3.8) is 0 Å². The maximum absolute atomic E-state index is 13.0. The molecule has 1 aliphatic rings. The van der Waals surface area contributed by atoms with Crippen LogP contribution in [0, 0.1) is 0 Å². The van der Waals surface area contributed by atoms with E-state index in [2.05, 4.69) is 46.7 Å². The number of aryl methyl sites for hydroxylation is 2. The maximum Gasteiger partial charge on any atom is 0.270 e. The number of nitrogens with zero attached hydrogens (tertiary/aromatic N) is 1. The maximum atomic E-state index is 13.0. The number of aromatic nitrogens is 2. The van der Waals surface area contributed by atoms with Gasteiger partial charge in [0.2, 0.25) is 0 Å². The minimum absolute atomic E-state index is 0.102. The average Bonchev–Trinajstić information content (AvgIpc) is 3.18. The number of ether oxygens (including phenoxy) is 1. The van der Waals surface area contributed by atoms with Gasteiger partial charge in [-0.05, 0) is 43.4 Å². The molecule has 0 atom stereocenters. The number of nitrogens with one attached hydrogen (secondary N) is 2. The molecule has 0 bridgehead atoms. The van der Waals surface area contributed by atoms with Crippen molar-refractivity contribution in [3.8, 4) is 0 Å². The molecule has 2 aromatic carbocycles. The number of fused-ring (bicyclic) bond motifs is 3. The summed E-state index contributed by atoms with van der Waals surface area (Å²) >= 11 is 0. The summed E-state index contributed by atoms with van der Waals surface area (Å²) in [5.74, 6) is -0.102. The van der Waals surface area contributed by atoms with Crippen LogP contribution in [0.15, 0.2) is 60.7 Å². The van der Waals surface area contributed by atoms with E-state index in [1.165, 1.54) is 5.56 Å². The van der Waals surface area contributed by atoms with Crippen molar-refractivity contribution in [2.75, 3.05) is 13.2 Å². The zero-order chi connectivity index (χ0) is 20.3. The quantitative estimate of drug-likeness (QED) is 0.522. The molecule has 1 saturated heterocycles. The van der Waals surface area contributed by atoms with E-state index in [0.717, 1.165) is 53.2 Å². The van der Waals surface area contributed by atoms with Gasteiger partial charge in [0.1, 0.15) is 5.69 Å². The lowest BCUT2D eigenvalue weighted by Crippen LogP contribution is -2.39. The molecule has 5 nitrogen and oxygen atoms in total. The number of rotatable bonds is 5. The third-order valence-corrected chi connectivity index (χ3v) is 5.85. The zero-order valence-electron chi connectivity index (χ0n) is 16.9. The van der Waals surface area contributed by atoms with E-state index >= 15 is 0 Å². The van der Waals surface area contributed by atoms with Gasteiger partial charge in [0, 0.05) is 35.5 Å². The lowest BCUT2D eigenvalue weighted by Gasteiger charge is -2.23. The summed E-state index contributed by atoms with van der Waals surface area (Å²) in [6.45, 7) is 1.39. The van der Waals surface area contributed by atoms with Crippen molar-refractivity contribution >= 4 is 27.7 Å². The Kier molecular flexibility index (Phi) is 5.20. The number of carbonyl (C=O) groups excluding carboxylic acids is 1. The fraction of sp³-hybridized carbons (Fsp3) is 0.280. The zero-order valence-corrected chi connectivity index (χ0v) is 16.9. The molecular formula is C25H25N3O2. The molecule has 0 radical (unpaired) electrons. The van der Waals surface area contributed by atoms with Crippen LogP contribution in [0.25, 0.3) is 21.8 Å². The highest BCUT2D eigenvalue weighted by Gasteiger charge is 2.20. The highest BCUT2D eigenvalue weighted by Crippen LogP contribution is 2.28. The van der Waals surface area contributed by atoms with Crippen molar-refractivity contribution in [1.82, 2.24) is 15.3 Å². The van der Waals surface area contributed by atoms with Crippen molar-refractivity contribution in [2.45, 2.75) is 31.7 Å². The number of amides is 1. The molecule has 5 heteroatoms. The van der Waals surface area contributed by atoms with Gasteiger partial charge in [0.25, 0.3) is 5.91 Å². The van der Waals surface area contributed by atoms with Gasteiger partial charge < -0.3 is 15.0 Å². The summed E-state index contributed by atoms with van der Waals surface area (Å²) in [6, 6.07) is 20.7. The van der Waals surface area contributed by atoms with Crippen LogP contribution in [0.1, 0.15) is 34.6 Å². The van der Waals surface area contributed by atoms with Gasteiger partial charge in [-0.25, -0.2) is 4.98 Å². The minimum Gasteiger partial charge on any atom is -0.381 e. The first-order valence-electron chi connectivity index (χ1n) is 10.6. The van der Waals surface area contributed by atoms with Gasteiger partial charge in [0.05, 0.1) is 11.2 Å². The molecule has 1 fully saturated rings. The Morgan fingerprint density at radius 1 is 1.00 bits per heavy atom. The molecule has 0 aliphatic carbocycles. The van der Waals surface area contributed by atoms with Crippen LogP contribution in [0.2, 0.25) is 0 Å². The van der Waals surface area contributed by atoms with Crippen molar-refractivity contribution in [3.05, 3.63) is 77.6 Å². The monoisotopic (exact) mass is 399 g/mol. The van der Waals surface area contributed by atoms with Crippen LogP contribution in [0.4, 0.5) is 0 Å². The van der Waals surface area contributed by atoms with Crippen LogP contribution in [-0.2, 0) is 17.6 Å². The van der Waals surface area contributed by atoms with E-state index in [0.29, 0.717) is 18.9 Å². The van der Waals surface area contributed by atoms with Gasteiger partial charge in [-0.1, -0.05) is 48.5 Å². The van der Waals surface area contributed by atoms with E-state index in [1.54, 1.807) is 0 Å². The SMILES string of the molecule is O=C(NC1CCOCC1)c1cc2c([nH]c3ccccc32)c(CCc2ccccc2)n1. The number of aromatic amines is 1. The summed E-state index contributed by atoms with van der Waals surface area (Å²) in [5.41, 5.74) is 4.78. The Balaban J connectivity index is 1.51. The lowest BCUT2D eigenvalue weighted by atomic mass is 10.0. The Morgan fingerprint density at radius 3 is 2.60 bits per heavy atom. The highest BCUT2D eigenvalue weighted by atomic mass is 16.5. The van der Waals surface area contributed by atoms with Crippen LogP contribution in [0.5, 0.6) is 0 Å². The molecule has 5 rings (SSSR count). The van der Waals surface area contributed by atoms with E-state index in [9.17, 15) is 4.79 Å². The Labute approximate surface area is 175 Å². The number of hydrogen-bond acceptors (Lipinski definition) is 3. The summed E-state index contributed by atoms with van der Waals surface area (Å²) in [6.07, 6.45) is 3.35. The van der Waals surface area contributed by atoms with Crippen LogP contribution >= 0.6 is 0 Å². The van der Waals surface area contributed by atoms with Gasteiger partial charge in [-0.2, -0.15) is 0 Å². The van der Waals surface area contributed by atoms with Gasteiger partial charge in [-0.3, -0.25) is 4.79 Å². The van der Waals surface area contributed by atoms with Crippen molar-refractivity contribution in [2.24, 2.45) is 0 Å². The number of H-pyrrole nitrogens is 1. The Bertz CT molecular complexity index is 1180. The first-order chi connectivity index (χ1) is 14.8. The Hall–Kier alpha value is -3.18. The predicted molar refractivity (Wildman–Crippen MR) is 119 cm³/mol. The highest BCUT2D eigenvalue weighted by molar-refractivity contribution is 6.10. The smallest absolute Gasteiger partial charge is 0.270 e. The summed E-state index contributed by atoms with van der Waals surface area (Å²) in [5, 5.41) is 5.33. The number of pyridine rings is 1. The fourth-order valence-corrected chi connectivity index (χ4v) is 4.22. The van der Waals surface area contributed by atoms with Crippen molar-refractivity contribution < 1.29 is 9.53 Å². The van der Waals surface area contributed by atoms with Gasteiger partial charge >= 0.3 is 0 Å². The van der Waals surface area contributed by atoms with Crippen LogP contribution in [-0.4, -0.2) is 35.1 Å². The first-order valence-corrected chi connectivity index (χ1v) is 10.6. The third-order valence-electron chi connectivity index (χ3n) is 5.85. The lowest BCUT2D eigenvalue weighted by molar-refractivity contribution is 0.0694. The molecule has 2 N–H and O–H groups in total. The van der Waals surface area contributed by atoms with Crippen LogP contribution < -0.4 is 5.32 Å². The second kappa shape index (κ2) is 8.28. The molecule has 2 aromatic heterocycles. The summed E-state index contributed by atoms with van der Waals surface area (Å²) in [7, 11) is 0. The standard InChI is InChI=1S/C25H25N3O2/c29-25(26-18-12-14-30-15-13-18)23-16-20-19-8-4-5-9-21(19)28-24(20)22(27-23)11-10-17-6-2-1-3-7-17/h1-9,16,18,28H,10-15H2,(H,26,29). The molecule has 1 aliphatic heterocycles. The first kappa shape index (κ1) is 18.8.